The van der Waals surface area contributed by atoms with Crippen LogP contribution in [-0.2, 0) is 24.6 Å². The third-order valence-corrected chi connectivity index (χ3v) is 2.67. The van der Waals surface area contributed by atoms with Crippen molar-refractivity contribution in [2.45, 2.75) is 12.8 Å². The van der Waals surface area contributed by atoms with Crippen molar-refractivity contribution in [1.29, 1.82) is 0 Å². The Balaban J connectivity index is 2.49. The Morgan fingerprint density at radius 1 is 1.50 bits per heavy atom. The van der Waals surface area contributed by atoms with E-state index in [4.69, 9.17) is 10.5 Å². The summed E-state index contributed by atoms with van der Waals surface area (Å²) >= 11 is 0. The Bertz CT molecular complexity index is 368. The number of carbonyl (C=O) groups excluding carboxylic acids is 1. The Labute approximate surface area is 82.6 Å². The van der Waals surface area contributed by atoms with Gasteiger partial charge in [-0.1, -0.05) is 0 Å². The maximum atomic E-state index is 11.2. The van der Waals surface area contributed by atoms with E-state index in [0.29, 0.717) is 12.2 Å². The molecule has 0 spiro atoms. The van der Waals surface area contributed by atoms with Gasteiger partial charge in [-0.3, -0.25) is 4.79 Å². The van der Waals surface area contributed by atoms with Gasteiger partial charge in [-0.05, 0) is 12.0 Å². The van der Waals surface area contributed by atoms with Crippen molar-refractivity contribution in [2.24, 2.45) is 12.8 Å². The van der Waals surface area contributed by atoms with E-state index in [1.165, 1.54) is 5.69 Å². The van der Waals surface area contributed by atoms with E-state index in [9.17, 15) is 4.79 Å². The first-order valence-corrected chi connectivity index (χ1v) is 4.74. The van der Waals surface area contributed by atoms with Crippen molar-refractivity contribution >= 4 is 5.91 Å². The van der Waals surface area contributed by atoms with Crippen molar-refractivity contribution < 1.29 is 9.53 Å². The highest BCUT2D eigenvalue weighted by Gasteiger charge is 2.19. The molecule has 0 atom stereocenters. The average Bonchev–Trinajstić information content (AvgIpc) is 2.38. The zero-order chi connectivity index (χ0) is 10.1. The summed E-state index contributed by atoms with van der Waals surface area (Å²) in [6.07, 6.45) is 3.46. The summed E-state index contributed by atoms with van der Waals surface area (Å²) in [5.41, 5.74) is 8.20. The molecule has 1 amide bonds. The van der Waals surface area contributed by atoms with Gasteiger partial charge in [-0.25, -0.2) is 0 Å². The van der Waals surface area contributed by atoms with Crippen LogP contribution in [0.25, 0.3) is 0 Å². The molecule has 2 rings (SSSR count). The first-order chi connectivity index (χ1) is 6.70. The fourth-order valence-electron chi connectivity index (χ4n) is 1.98. The van der Waals surface area contributed by atoms with E-state index in [1.54, 1.807) is 0 Å². The van der Waals surface area contributed by atoms with Gasteiger partial charge in [0.1, 0.15) is 0 Å². The van der Waals surface area contributed by atoms with Crippen LogP contribution in [0.4, 0.5) is 0 Å². The first kappa shape index (κ1) is 9.27. The molecule has 0 radical (unpaired) electrons. The number of hydrogen-bond acceptors (Lipinski definition) is 2. The maximum Gasteiger partial charge on any atom is 0.250 e. The number of carbonyl (C=O) groups is 1. The smallest absolute Gasteiger partial charge is 0.250 e. The molecule has 0 saturated carbocycles. The summed E-state index contributed by atoms with van der Waals surface area (Å²) < 4.78 is 7.34. The lowest BCUT2D eigenvalue weighted by atomic mass is 10.1. The van der Waals surface area contributed by atoms with Crippen molar-refractivity contribution in [3.05, 3.63) is 23.0 Å². The quantitative estimate of drug-likeness (QED) is 0.696. The van der Waals surface area contributed by atoms with E-state index in [-0.39, 0.29) is 5.91 Å². The SMILES string of the molecule is Cn1cc(C(N)=O)c2c1CCOCC2. The molecule has 0 bridgehead atoms. The van der Waals surface area contributed by atoms with Crippen LogP contribution in [0.1, 0.15) is 21.6 Å². The van der Waals surface area contributed by atoms with Gasteiger partial charge in [0.2, 0.25) is 0 Å². The number of hydrogen-bond donors (Lipinski definition) is 1. The molecule has 4 heteroatoms. The third-order valence-electron chi connectivity index (χ3n) is 2.67. The number of amides is 1. The van der Waals surface area contributed by atoms with Crippen LogP contribution in [0.15, 0.2) is 6.20 Å². The number of primary amides is 1. The Morgan fingerprint density at radius 2 is 2.21 bits per heavy atom. The topological polar surface area (TPSA) is 57.2 Å². The fraction of sp³-hybridized carbons (Fsp3) is 0.500. The molecule has 1 aliphatic heterocycles. The minimum absolute atomic E-state index is 0.344. The van der Waals surface area contributed by atoms with Crippen molar-refractivity contribution in [2.75, 3.05) is 13.2 Å². The molecule has 4 nitrogen and oxygen atoms in total. The highest BCUT2D eigenvalue weighted by Crippen LogP contribution is 2.20. The molecule has 2 heterocycles. The van der Waals surface area contributed by atoms with Gasteiger partial charge >= 0.3 is 0 Å². The molecule has 1 aliphatic rings. The van der Waals surface area contributed by atoms with E-state index in [2.05, 4.69) is 0 Å². The lowest BCUT2D eigenvalue weighted by molar-refractivity contribution is 0.0999. The highest BCUT2D eigenvalue weighted by atomic mass is 16.5. The molecule has 2 N–H and O–H groups in total. The zero-order valence-corrected chi connectivity index (χ0v) is 8.25. The monoisotopic (exact) mass is 194 g/mol. The van der Waals surface area contributed by atoms with Crippen molar-refractivity contribution in [3.63, 3.8) is 0 Å². The van der Waals surface area contributed by atoms with Gasteiger partial charge < -0.3 is 15.0 Å². The molecule has 0 unspecified atom stereocenters. The summed E-state index contributed by atoms with van der Waals surface area (Å²) in [6, 6.07) is 0. The Kier molecular flexibility index (Phi) is 2.29. The summed E-state index contributed by atoms with van der Waals surface area (Å²) in [7, 11) is 1.94. The first-order valence-electron chi connectivity index (χ1n) is 4.74. The van der Waals surface area contributed by atoms with E-state index < -0.39 is 0 Å². The van der Waals surface area contributed by atoms with Gasteiger partial charge in [-0.2, -0.15) is 0 Å². The number of nitrogens with two attached hydrogens (primary N) is 1. The predicted octanol–water partition coefficient (Wildman–Crippen LogP) is 0.239. The lowest BCUT2D eigenvalue weighted by Gasteiger charge is -2.01. The molecule has 0 aromatic carbocycles. The number of fused-ring (bicyclic) bond motifs is 1. The average molecular weight is 194 g/mol. The number of ether oxygens (including phenoxy) is 1. The zero-order valence-electron chi connectivity index (χ0n) is 8.25. The van der Waals surface area contributed by atoms with Crippen LogP contribution in [0, 0.1) is 0 Å². The molecule has 76 valence electrons. The van der Waals surface area contributed by atoms with Crippen LogP contribution < -0.4 is 5.73 Å². The Morgan fingerprint density at radius 3 is 2.93 bits per heavy atom. The van der Waals surface area contributed by atoms with Crippen molar-refractivity contribution in [1.82, 2.24) is 4.57 Å². The van der Waals surface area contributed by atoms with Gasteiger partial charge in [-0.15, -0.1) is 0 Å². The normalized spacial score (nSPS) is 16.1. The van der Waals surface area contributed by atoms with E-state index in [0.717, 1.165) is 25.0 Å². The van der Waals surface area contributed by atoms with Crippen LogP contribution in [0.2, 0.25) is 0 Å². The van der Waals surface area contributed by atoms with Crippen LogP contribution >= 0.6 is 0 Å². The molecule has 1 aromatic rings. The second kappa shape index (κ2) is 3.46. The lowest BCUT2D eigenvalue weighted by Crippen LogP contribution is -2.12. The Hall–Kier alpha value is -1.29. The molecule has 0 aliphatic carbocycles. The van der Waals surface area contributed by atoms with Gasteiger partial charge in [0.05, 0.1) is 18.8 Å². The molecule has 0 fully saturated rings. The number of aryl methyl sites for hydroxylation is 1. The minimum atomic E-state index is -0.344. The van der Waals surface area contributed by atoms with Crippen LogP contribution in [-0.4, -0.2) is 23.7 Å². The van der Waals surface area contributed by atoms with Gasteiger partial charge in [0, 0.05) is 25.4 Å². The van der Waals surface area contributed by atoms with E-state index in [1.807, 2.05) is 17.8 Å². The molecular weight excluding hydrogens is 180 g/mol. The van der Waals surface area contributed by atoms with Crippen LogP contribution in [0.5, 0.6) is 0 Å². The molecular formula is C10H14N2O2. The number of aromatic nitrogens is 1. The summed E-state index contributed by atoms with van der Waals surface area (Å²) in [5.74, 6) is -0.344. The largest absolute Gasteiger partial charge is 0.381 e. The summed E-state index contributed by atoms with van der Waals surface area (Å²) in [6.45, 7) is 1.40. The maximum absolute atomic E-state index is 11.2. The standard InChI is InChI=1S/C10H14N2O2/c1-12-6-8(10(11)13)7-2-4-14-5-3-9(7)12/h6H,2-5H2,1H3,(H2,11,13). The highest BCUT2D eigenvalue weighted by molar-refractivity contribution is 5.94. The summed E-state index contributed by atoms with van der Waals surface area (Å²) in [4.78, 5) is 11.2. The minimum Gasteiger partial charge on any atom is -0.381 e. The molecule has 14 heavy (non-hydrogen) atoms. The summed E-state index contributed by atoms with van der Waals surface area (Å²) in [5, 5.41) is 0. The molecule has 1 aromatic heterocycles. The third kappa shape index (κ3) is 1.42. The second-order valence-corrected chi connectivity index (χ2v) is 3.56. The van der Waals surface area contributed by atoms with Crippen LogP contribution in [0.3, 0.4) is 0 Å². The predicted molar refractivity (Wildman–Crippen MR) is 52.2 cm³/mol. The fourth-order valence-corrected chi connectivity index (χ4v) is 1.98. The second-order valence-electron chi connectivity index (χ2n) is 3.56. The van der Waals surface area contributed by atoms with Crippen molar-refractivity contribution in [3.8, 4) is 0 Å². The van der Waals surface area contributed by atoms with Gasteiger partial charge in [0.25, 0.3) is 5.91 Å². The van der Waals surface area contributed by atoms with E-state index >= 15 is 0 Å². The number of rotatable bonds is 1. The molecule has 0 saturated heterocycles. The number of nitrogens with zero attached hydrogens (tertiary/aromatic N) is 1. The van der Waals surface area contributed by atoms with Gasteiger partial charge in [0.15, 0.2) is 0 Å².